The Labute approximate surface area is 128 Å². The fraction of sp³-hybridized carbons (Fsp3) is 0.429. The maximum Gasteiger partial charge on any atom is 0.319 e. The lowest BCUT2D eigenvalue weighted by atomic mass is 10.1. The Balaban J connectivity index is 2.01. The molecular formula is C14H18N2O5S. The van der Waals surface area contributed by atoms with E-state index < -0.39 is 27.3 Å². The van der Waals surface area contributed by atoms with E-state index in [-0.39, 0.29) is 5.75 Å². The number of carboxylic acid groups (broad SMARTS) is 1. The molecule has 1 aliphatic carbocycles. The topological polar surface area (TPSA) is 113 Å². The number of anilines is 2. The highest BCUT2D eigenvalue weighted by molar-refractivity contribution is 7.92. The van der Waals surface area contributed by atoms with Gasteiger partial charge in [0, 0.05) is 11.4 Å². The Hall–Kier alpha value is -2.09. The van der Waals surface area contributed by atoms with Crippen LogP contribution in [0.5, 0.6) is 0 Å². The highest BCUT2D eigenvalue weighted by Crippen LogP contribution is 2.46. The maximum absolute atomic E-state index is 11.9. The summed E-state index contributed by atoms with van der Waals surface area (Å²) in [5.41, 5.74) is -0.483. The zero-order valence-electron chi connectivity index (χ0n) is 12.1. The molecule has 0 spiro atoms. The Morgan fingerprint density at radius 2 is 1.73 bits per heavy atom. The van der Waals surface area contributed by atoms with Gasteiger partial charge in [0.15, 0.2) is 0 Å². The van der Waals surface area contributed by atoms with Crippen LogP contribution in [0.25, 0.3) is 0 Å². The molecule has 1 aromatic carbocycles. The van der Waals surface area contributed by atoms with E-state index in [2.05, 4.69) is 10.0 Å². The molecule has 7 nitrogen and oxygen atoms in total. The summed E-state index contributed by atoms with van der Waals surface area (Å²) in [7, 11) is -3.36. The predicted octanol–water partition coefficient (Wildman–Crippen LogP) is 1.64. The predicted molar refractivity (Wildman–Crippen MR) is 82.1 cm³/mol. The van der Waals surface area contributed by atoms with E-state index in [1.54, 1.807) is 6.92 Å². The number of carbonyl (C=O) groups is 2. The zero-order chi connectivity index (χ0) is 16.4. The highest BCUT2D eigenvalue weighted by atomic mass is 32.2. The van der Waals surface area contributed by atoms with Crippen molar-refractivity contribution < 1.29 is 23.1 Å². The van der Waals surface area contributed by atoms with Crippen molar-refractivity contribution in [1.82, 2.24) is 0 Å². The standard InChI is InChI=1S/C14H18N2O5S/c1-2-9-22(20,21)16-11-5-3-10(4-6-11)15-12(17)14(7-8-14)13(18)19/h3-6,16H,2,7-9H2,1H3,(H,15,17)(H,18,19). The first-order valence-corrected chi connectivity index (χ1v) is 8.60. The lowest BCUT2D eigenvalue weighted by Crippen LogP contribution is -2.31. The summed E-state index contributed by atoms with van der Waals surface area (Å²) in [5, 5.41) is 11.6. The first-order valence-electron chi connectivity index (χ1n) is 6.94. The molecule has 0 aliphatic heterocycles. The Kier molecular flexibility index (Phi) is 4.41. The minimum atomic E-state index is -3.36. The fourth-order valence-electron chi connectivity index (χ4n) is 2.03. The average Bonchev–Trinajstić information content (AvgIpc) is 3.22. The number of hydrogen-bond acceptors (Lipinski definition) is 4. The van der Waals surface area contributed by atoms with E-state index in [1.807, 2.05) is 0 Å². The number of aliphatic carboxylic acids is 1. The summed E-state index contributed by atoms with van der Waals surface area (Å²) < 4.78 is 25.7. The number of benzene rings is 1. The van der Waals surface area contributed by atoms with Crippen LogP contribution >= 0.6 is 0 Å². The van der Waals surface area contributed by atoms with Crippen LogP contribution in [0, 0.1) is 5.41 Å². The van der Waals surface area contributed by atoms with E-state index in [0.29, 0.717) is 30.6 Å². The van der Waals surface area contributed by atoms with Gasteiger partial charge in [0.2, 0.25) is 15.9 Å². The molecule has 1 amide bonds. The van der Waals surface area contributed by atoms with Crippen LogP contribution < -0.4 is 10.0 Å². The van der Waals surface area contributed by atoms with Gasteiger partial charge in [-0.1, -0.05) is 6.92 Å². The van der Waals surface area contributed by atoms with Crippen LogP contribution in [0.1, 0.15) is 26.2 Å². The zero-order valence-corrected chi connectivity index (χ0v) is 12.9. The summed E-state index contributed by atoms with van der Waals surface area (Å²) in [6.07, 6.45) is 1.19. The molecule has 0 aromatic heterocycles. The van der Waals surface area contributed by atoms with Gasteiger partial charge in [-0.15, -0.1) is 0 Å². The monoisotopic (exact) mass is 326 g/mol. The van der Waals surface area contributed by atoms with Crippen LogP contribution in [0.15, 0.2) is 24.3 Å². The number of sulfonamides is 1. The molecule has 0 bridgehead atoms. The lowest BCUT2D eigenvalue weighted by molar-refractivity contribution is -0.147. The van der Waals surface area contributed by atoms with Crippen molar-refractivity contribution in [3.63, 3.8) is 0 Å². The molecule has 120 valence electrons. The van der Waals surface area contributed by atoms with E-state index in [9.17, 15) is 18.0 Å². The Morgan fingerprint density at radius 1 is 1.18 bits per heavy atom. The molecule has 22 heavy (non-hydrogen) atoms. The first-order chi connectivity index (χ1) is 10.3. The van der Waals surface area contributed by atoms with Gasteiger partial charge in [0.1, 0.15) is 5.41 Å². The van der Waals surface area contributed by atoms with Gasteiger partial charge in [-0.25, -0.2) is 8.42 Å². The number of carbonyl (C=O) groups excluding carboxylic acids is 1. The molecule has 1 aromatic rings. The molecule has 3 N–H and O–H groups in total. The second-order valence-electron chi connectivity index (χ2n) is 5.34. The largest absolute Gasteiger partial charge is 0.480 e. The van der Waals surface area contributed by atoms with Crippen molar-refractivity contribution in [2.24, 2.45) is 5.41 Å². The molecule has 0 radical (unpaired) electrons. The van der Waals surface area contributed by atoms with Crippen molar-refractivity contribution in [1.29, 1.82) is 0 Å². The Bertz CT molecular complexity index is 678. The molecule has 1 saturated carbocycles. The third kappa shape index (κ3) is 3.56. The van der Waals surface area contributed by atoms with Gasteiger partial charge in [-0.05, 0) is 43.5 Å². The van der Waals surface area contributed by atoms with Crippen LogP contribution in [0.2, 0.25) is 0 Å². The highest BCUT2D eigenvalue weighted by Gasteiger charge is 2.57. The molecule has 0 heterocycles. The maximum atomic E-state index is 11.9. The number of rotatable bonds is 7. The third-order valence-electron chi connectivity index (χ3n) is 3.48. The van der Waals surface area contributed by atoms with Crippen LogP contribution in [-0.4, -0.2) is 31.2 Å². The molecule has 1 aliphatic rings. The SMILES string of the molecule is CCCS(=O)(=O)Nc1ccc(NC(=O)C2(C(=O)O)CC2)cc1. The second kappa shape index (κ2) is 5.96. The van der Waals surface area contributed by atoms with Gasteiger partial charge >= 0.3 is 5.97 Å². The average molecular weight is 326 g/mol. The van der Waals surface area contributed by atoms with Crippen molar-refractivity contribution in [3.05, 3.63) is 24.3 Å². The van der Waals surface area contributed by atoms with Gasteiger partial charge in [-0.2, -0.15) is 0 Å². The van der Waals surface area contributed by atoms with Crippen LogP contribution in [0.3, 0.4) is 0 Å². The first kappa shape index (κ1) is 16.3. The molecular weight excluding hydrogens is 308 g/mol. The minimum Gasteiger partial charge on any atom is -0.480 e. The van der Waals surface area contributed by atoms with Gasteiger partial charge in [0.25, 0.3) is 0 Å². The molecule has 8 heteroatoms. The van der Waals surface area contributed by atoms with Crippen molar-refractivity contribution in [2.45, 2.75) is 26.2 Å². The number of amides is 1. The van der Waals surface area contributed by atoms with E-state index >= 15 is 0 Å². The van der Waals surface area contributed by atoms with Crippen molar-refractivity contribution in [2.75, 3.05) is 15.8 Å². The summed E-state index contributed by atoms with van der Waals surface area (Å²) in [6.45, 7) is 1.77. The third-order valence-corrected chi connectivity index (χ3v) is 4.98. The Morgan fingerprint density at radius 3 is 2.18 bits per heavy atom. The molecule has 2 rings (SSSR count). The molecule has 0 saturated heterocycles. The van der Waals surface area contributed by atoms with Gasteiger partial charge < -0.3 is 10.4 Å². The normalized spacial score (nSPS) is 15.9. The van der Waals surface area contributed by atoms with E-state index in [1.165, 1.54) is 24.3 Å². The summed E-state index contributed by atoms with van der Waals surface area (Å²) >= 11 is 0. The van der Waals surface area contributed by atoms with Crippen LogP contribution in [-0.2, 0) is 19.6 Å². The number of nitrogens with one attached hydrogen (secondary N) is 2. The number of carboxylic acids is 1. The minimum absolute atomic E-state index is 0.0343. The fourth-order valence-corrected chi connectivity index (χ4v) is 3.17. The smallest absolute Gasteiger partial charge is 0.319 e. The van der Waals surface area contributed by atoms with Crippen molar-refractivity contribution >= 4 is 33.3 Å². The molecule has 1 fully saturated rings. The summed E-state index contributed by atoms with van der Waals surface area (Å²) in [4.78, 5) is 23.0. The number of hydrogen-bond donors (Lipinski definition) is 3. The molecule has 0 unspecified atom stereocenters. The summed E-state index contributed by atoms with van der Waals surface area (Å²) in [5.74, 6) is -1.62. The van der Waals surface area contributed by atoms with E-state index in [0.717, 1.165) is 0 Å². The van der Waals surface area contributed by atoms with Gasteiger partial charge in [-0.3, -0.25) is 14.3 Å². The van der Waals surface area contributed by atoms with Gasteiger partial charge in [0.05, 0.1) is 5.75 Å². The molecule has 0 atom stereocenters. The lowest BCUT2D eigenvalue weighted by Gasteiger charge is -2.12. The second-order valence-corrected chi connectivity index (χ2v) is 7.18. The van der Waals surface area contributed by atoms with Crippen molar-refractivity contribution in [3.8, 4) is 0 Å². The van der Waals surface area contributed by atoms with Crippen LogP contribution in [0.4, 0.5) is 11.4 Å². The summed E-state index contributed by atoms with van der Waals surface area (Å²) in [6, 6.07) is 6.09. The van der Waals surface area contributed by atoms with E-state index in [4.69, 9.17) is 5.11 Å². The quantitative estimate of drug-likeness (QED) is 0.659.